The highest BCUT2D eigenvalue weighted by atomic mass is 16.5. The molecule has 0 spiro atoms. The Labute approximate surface area is 186 Å². The van der Waals surface area contributed by atoms with Crippen LogP contribution in [0.2, 0.25) is 0 Å². The zero-order chi connectivity index (χ0) is 22.6. The van der Waals surface area contributed by atoms with Crippen molar-refractivity contribution in [2.45, 2.75) is 59.0 Å². The minimum atomic E-state index is -0.560. The number of methoxy groups -OCH3 is 1. The first-order valence-electron chi connectivity index (χ1n) is 11.2. The topological polar surface area (TPSA) is 58.6 Å². The van der Waals surface area contributed by atoms with Crippen LogP contribution < -0.4 is 10.1 Å². The molecule has 0 heterocycles. The average Bonchev–Trinajstić information content (AvgIpc) is 2.77. The molecule has 0 radical (unpaired) electrons. The molecule has 0 unspecified atom stereocenters. The zero-order valence-electron chi connectivity index (χ0n) is 19.3. The molecule has 1 atom stereocenters. The van der Waals surface area contributed by atoms with E-state index in [1.54, 1.807) is 12.0 Å². The number of nitrogens with one attached hydrogen (secondary N) is 1. The van der Waals surface area contributed by atoms with Gasteiger partial charge in [-0.05, 0) is 42.0 Å². The Hall–Kier alpha value is -2.82. The molecule has 0 saturated heterocycles. The monoisotopic (exact) mass is 424 g/mol. The number of rotatable bonds is 12. The van der Waals surface area contributed by atoms with Gasteiger partial charge < -0.3 is 15.0 Å². The predicted molar refractivity (Wildman–Crippen MR) is 125 cm³/mol. The lowest BCUT2D eigenvalue weighted by Crippen LogP contribution is -2.50. The largest absolute Gasteiger partial charge is 0.497 e. The summed E-state index contributed by atoms with van der Waals surface area (Å²) >= 11 is 0. The van der Waals surface area contributed by atoms with Gasteiger partial charge in [-0.2, -0.15) is 0 Å². The Kier molecular flexibility index (Phi) is 10.1. The summed E-state index contributed by atoms with van der Waals surface area (Å²) in [5.74, 6) is 1.17. The van der Waals surface area contributed by atoms with Crippen molar-refractivity contribution in [1.29, 1.82) is 0 Å². The lowest BCUT2D eigenvalue weighted by atomic mass is 10.0. The third-order valence-electron chi connectivity index (χ3n) is 5.27. The van der Waals surface area contributed by atoms with Crippen LogP contribution in [0.4, 0.5) is 0 Å². The second-order valence-electron chi connectivity index (χ2n) is 8.30. The van der Waals surface area contributed by atoms with Crippen molar-refractivity contribution < 1.29 is 14.3 Å². The average molecular weight is 425 g/mol. The summed E-state index contributed by atoms with van der Waals surface area (Å²) in [6.07, 6.45) is 2.55. The Bertz CT molecular complexity index is 803. The summed E-state index contributed by atoms with van der Waals surface area (Å²) in [5, 5.41) is 3.06. The standard InChI is InChI=1S/C26H36N2O3/c1-5-9-25(29)28(19-22-12-14-23(31-4)15-13-22)24(18-21-10-7-6-8-11-21)26(30)27-17-16-20(2)3/h6-8,10-15,20,24H,5,9,16-19H2,1-4H3,(H,27,30)/t24-/m1/s1. The molecule has 2 rings (SSSR count). The van der Waals surface area contributed by atoms with Crippen LogP contribution in [0.25, 0.3) is 0 Å². The maximum absolute atomic E-state index is 13.2. The highest BCUT2D eigenvalue weighted by Crippen LogP contribution is 2.18. The molecule has 2 amide bonds. The number of hydrogen-bond donors (Lipinski definition) is 1. The molecule has 5 nitrogen and oxygen atoms in total. The van der Waals surface area contributed by atoms with Crippen LogP contribution in [0, 0.1) is 5.92 Å². The van der Waals surface area contributed by atoms with Crippen molar-refractivity contribution in [3.63, 3.8) is 0 Å². The first-order valence-corrected chi connectivity index (χ1v) is 11.2. The molecule has 0 aliphatic heterocycles. The van der Waals surface area contributed by atoms with E-state index in [0.717, 1.165) is 29.7 Å². The summed E-state index contributed by atoms with van der Waals surface area (Å²) in [5.41, 5.74) is 2.01. The number of nitrogens with zero attached hydrogens (tertiary/aromatic N) is 1. The van der Waals surface area contributed by atoms with E-state index >= 15 is 0 Å². The lowest BCUT2D eigenvalue weighted by molar-refractivity contribution is -0.141. The van der Waals surface area contributed by atoms with Gasteiger partial charge in [0.1, 0.15) is 11.8 Å². The third-order valence-corrected chi connectivity index (χ3v) is 5.27. The van der Waals surface area contributed by atoms with Crippen LogP contribution in [-0.4, -0.2) is 36.4 Å². The summed E-state index contributed by atoms with van der Waals surface area (Å²) in [7, 11) is 1.63. The molecule has 0 bridgehead atoms. The van der Waals surface area contributed by atoms with Gasteiger partial charge in [0.25, 0.3) is 0 Å². The molecule has 0 saturated carbocycles. The fourth-order valence-corrected chi connectivity index (χ4v) is 3.44. The number of amides is 2. The predicted octanol–water partition coefficient (Wildman–Crippen LogP) is 4.60. The molecular formula is C26H36N2O3. The van der Waals surface area contributed by atoms with Gasteiger partial charge in [-0.3, -0.25) is 9.59 Å². The zero-order valence-corrected chi connectivity index (χ0v) is 19.3. The van der Waals surface area contributed by atoms with Crippen LogP contribution in [-0.2, 0) is 22.6 Å². The summed E-state index contributed by atoms with van der Waals surface area (Å²) in [4.78, 5) is 28.1. The van der Waals surface area contributed by atoms with Gasteiger partial charge in [-0.1, -0.05) is 63.2 Å². The number of benzene rings is 2. The molecule has 31 heavy (non-hydrogen) atoms. The molecule has 2 aromatic carbocycles. The maximum Gasteiger partial charge on any atom is 0.243 e. The highest BCUT2D eigenvalue weighted by molar-refractivity contribution is 5.88. The molecule has 2 aromatic rings. The second kappa shape index (κ2) is 12.8. The van der Waals surface area contributed by atoms with Crippen LogP contribution in [0.5, 0.6) is 5.75 Å². The van der Waals surface area contributed by atoms with Gasteiger partial charge in [0, 0.05) is 25.9 Å². The van der Waals surface area contributed by atoms with E-state index in [2.05, 4.69) is 19.2 Å². The molecule has 0 aliphatic carbocycles. The van der Waals surface area contributed by atoms with Crippen molar-refractivity contribution in [2.24, 2.45) is 5.92 Å². The van der Waals surface area contributed by atoms with Gasteiger partial charge in [-0.25, -0.2) is 0 Å². The molecule has 5 heteroatoms. The number of ether oxygens (including phenoxy) is 1. The van der Waals surface area contributed by atoms with Crippen molar-refractivity contribution >= 4 is 11.8 Å². The van der Waals surface area contributed by atoms with E-state index in [0.29, 0.717) is 31.8 Å². The van der Waals surface area contributed by atoms with Gasteiger partial charge in [-0.15, -0.1) is 0 Å². The van der Waals surface area contributed by atoms with Gasteiger partial charge in [0.2, 0.25) is 11.8 Å². The van der Waals surface area contributed by atoms with Crippen molar-refractivity contribution in [3.05, 3.63) is 65.7 Å². The Balaban J connectivity index is 2.30. The number of carbonyl (C=O) groups is 2. The van der Waals surface area contributed by atoms with E-state index in [-0.39, 0.29) is 11.8 Å². The van der Waals surface area contributed by atoms with E-state index in [9.17, 15) is 9.59 Å². The first-order chi connectivity index (χ1) is 14.9. The Morgan fingerprint density at radius 3 is 2.26 bits per heavy atom. The fourth-order valence-electron chi connectivity index (χ4n) is 3.44. The lowest BCUT2D eigenvalue weighted by Gasteiger charge is -2.31. The van der Waals surface area contributed by atoms with E-state index in [1.807, 2.05) is 61.5 Å². The quantitative estimate of drug-likeness (QED) is 0.542. The number of hydrogen-bond acceptors (Lipinski definition) is 3. The molecule has 168 valence electrons. The summed E-state index contributed by atoms with van der Waals surface area (Å²) in [6, 6.07) is 17.0. The number of carbonyl (C=O) groups excluding carboxylic acids is 2. The minimum Gasteiger partial charge on any atom is -0.497 e. The molecule has 0 fully saturated rings. The van der Waals surface area contributed by atoms with E-state index in [4.69, 9.17) is 4.74 Å². The van der Waals surface area contributed by atoms with Gasteiger partial charge >= 0.3 is 0 Å². The summed E-state index contributed by atoms with van der Waals surface area (Å²) in [6.45, 7) is 7.25. The smallest absolute Gasteiger partial charge is 0.243 e. The Morgan fingerprint density at radius 1 is 1.00 bits per heavy atom. The molecule has 0 aliphatic rings. The third kappa shape index (κ3) is 8.08. The molecule has 1 N–H and O–H groups in total. The van der Waals surface area contributed by atoms with E-state index < -0.39 is 6.04 Å². The van der Waals surface area contributed by atoms with Crippen molar-refractivity contribution in [2.75, 3.05) is 13.7 Å². The second-order valence-corrected chi connectivity index (χ2v) is 8.30. The SMILES string of the molecule is CCCC(=O)N(Cc1ccc(OC)cc1)[C@H](Cc1ccccc1)C(=O)NCCC(C)C. The van der Waals surface area contributed by atoms with Gasteiger partial charge in [0.05, 0.1) is 7.11 Å². The Morgan fingerprint density at radius 2 is 1.68 bits per heavy atom. The molecular weight excluding hydrogens is 388 g/mol. The normalized spacial score (nSPS) is 11.8. The molecule has 0 aromatic heterocycles. The minimum absolute atomic E-state index is 0.00161. The first kappa shape index (κ1) is 24.4. The summed E-state index contributed by atoms with van der Waals surface area (Å²) < 4.78 is 5.24. The maximum atomic E-state index is 13.2. The van der Waals surface area contributed by atoms with Crippen LogP contribution in [0.3, 0.4) is 0 Å². The van der Waals surface area contributed by atoms with Gasteiger partial charge in [0.15, 0.2) is 0 Å². The fraction of sp³-hybridized carbons (Fsp3) is 0.462. The van der Waals surface area contributed by atoms with Crippen molar-refractivity contribution in [1.82, 2.24) is 10.2 Å². The van der Waals surface area contributed by atoms with Crippen LogP contribution in [0.15, 0.2) is 54.6 Å². The van der Waals surface area contributed by atoms with Crippen molar-refractivity contribution in [3.8, 4) is 5.75 Å². The van der Waals surface area contributed by atoms with Crippen LogP contribution in [0.1, 0.15) is 51.2 Å². The van der Waals surface area contributed by atoms with Crippen LogP contribution >= 0.6 is 0 Å². The highest BCUT2D eigenvalue weighted by Gasteiger charge is 2.29. The van der Waals surface area contributed by atoms with E-state index in [1.165, 1.54) is 0 Å².